The zero-order valence-corrected chi connectivity index (χ0v) is 16.0. The Labute approximate surface area is 162 Å². The van der Waals surface area contributed by atoms with Crippen molar-refractivity contribution in [3.8, 4) is 0 Å². The zero-order chi connectivity index (χ0) is 20.6. The van der Waals surface area contributed by atoms with Crippen molar-refractivity contribution in [2.24, 2.45) is 5.92 Å². The number of fused-ring (bicyclic) bond motifs is 4. The first kappa shape index (κ1) is 19.5. The number of aliphatic hydroxyl groups excluding tert-OH is 1. The van der Waals surface area contributed by atoms with Gasteiger partial charge in [0.15, 0.2) is 6.17 Å². The van der Waals surface area contributed by atoms with Gasteiger partial charge in [0.2, 0.25) is 0 Å². The maximum absolute atomic E-state index is 12.7. The molecular weight excluding hydrogens is 368 g/mol. The van der Waals surface area contributed by atoms with Crippen LogP contribution in [0.4, 0.5) is 15.3 Å². The fourth-order valence-corrected chi connectivity index (χ4v) is 4.03. The number of nitrogens with zero attached hydrogens (tertiary/aromatic N) is 2. The largest absolute Gasteiger partial charge is 0.511 e. The summed E-state index contributed by atoms with van der Waals surface area (Å²) in [6.45, 7) is 1.83. The van der Waals surface area contributed by atoms with E-state index in [2.05, 4.69) is 0 Å². The van der Waals surface area contributed by atoms with Gasteiger partial charge in [-0.05, 0) is 18.1 Å². The second-order valence-electron chi connectivity index (χ2n) is 6.40. The second kappa shape index (κ2) is 7.41. The molecule has 3 rings (SSSR count). The fourth-order valence-electron chi connectivity index (χ4n) is 4.03. The first-order chi connectivity index (χ1) is 13.4. The number of amides is 2. The van der Waals surface area contributed by atoms with Crippen molar-refractivity contribution in [1.29, 1.82) is 0 Å². The molecule has 2 amide bonds. The number of esters is 1. The van der Waals surface area contributed by atoms with Gasteiger partial charge in [-0.25, -0.2) is 14.4 Å². The van der Waals surface area contributed by atoms with Crippen LogP contribution in [0.25, 0.3) is 0 Å². The van der Waals surface area contributed by atoms with E-state index in [1.54, 1.807) is 24.3 Å². The van der Waals surface area contributed by atoms with Gasteiger partial charge < -0.3 is 19.3 Å². The van der Waals surface area contributed by atoms with E-state index in [4.69, 9.17) is 14.2 Å². The second-order valence-corrected chi connectivity index (χ2v) is 6.40. The molecule has 0 unspecified atom stereocenters. The lowest BCUT2D eigenvalue weighted by Crippen LogP contribution is -2.63. The lowest BCUT2D eigenvalue weighted by molar-refractivity contribution is -0.137. The van der Waals surface area contributed by atoms with Crippen LogP contribution in [0.5, 0.6) is 0 Å². The smallest absolute Gasteiger partial charge is 0.416 e. The molecule has 2 aliphatic heterocycles. The standard InChI is InChI=1S/C19H22N2O7/c1-5-10-14-11-8-6-7-9-12(11)20(18(24)27-3)16(21(14)19(25)28-4)13(15(10)22)17(23)26-2/h6-10,14,16,22H,5H2,1-4H3/t10-,14-,16+/m0/s1. The molecule has 0 radical (unpaired) electrons. The Morgan fingerprint density at radius 3 is 2.25 bits per heavy atom. The quantitative estimate of drug-likeness (QED) is 0.611. The van der Waals surface area contributed by atoms with Gasteiger partial charge in [0.05, 0.1) is 33.1 Å². The molecule has 9 nitrogen and oxygen atoms in total. The Kier molecular flexibility index (Phi) is 5.17. The lowest BCUT2D eigenvalue weighted by Gasteiger charge is -2.52. The normalized spacial score (nSPS) is 23.1. The van der Waals surface area contributed by atoms with Gasteiger partial charge in [-0.1, -0.05) is 25.1 Å². The number of carbonyl (C=O) groups is 3. The van der Waals surface area contributed by atoms with Crippen LogP contribution in [0.2, 0.25) is 0 Å². The summed E-state index contributed by atoms with van der Waals surface area (Å²) in [6.07, 6.45) is -2.38. The molecule has 150 valence electrons. The average Bonchev–Trinajstić information content (AvgIpc) is 2.72. The Morgan fingerprint density at radius 2 is 1.68 bits per heavy atom. The monoisotopic (exact) mass is 390 g/mol. The highest BCUT2D eigenvalue weighted by molar-refractivity contribution is 5.99. The Hall–Kier alpha value is -3.23. The molecule has 0 aliphatic carbocycles. The van der Waals surface area contributed by atoms with Gasteiger partial charge >= 0.3 is 18.2 Å². The summed E-state index contributed by atoms with van der Waals surface area (Å²) < 4.78 is 14.7. The van der Waals surface area contributed by atoms with Crippen LogP contribution in [0, 0.1) is 5.92 Å². The highest BCUT2D eigenvalue weighted by atomic mass is 16.6. The highest BCUT2D eigenvalue weighted by Crippen LogP contribution is 2.51. The van der Waals surface area contributed by atoms with Gasteiger partial charge in [-0.15, -0.1) is 0 Å². The number of benzene rings is 1. The molecule has 3 atom stereocenters. The van der Waals surface area contributed by atoms with Crippen molar-refractivity contribution in [1.82, 2.24) is 4.90 Å². The SMILES string of the molecule is CC[C@@H]1C(O)=C(C(=O)OC)[C@@H]2N(C(=O)OC)c3ccccc3[C@H]1N2C(=O)OC. The predicted molar refractivity (Wildman–Crippen MR) is 97.6 cm³/mol. The maximum Gasteiger partial charge on any atom is 0.416 e. The number of hydrogen-bond donors (Lipinski definition) is 1. The molecule has 1 N–H and O–H groups in total. The van der Waals surface area contributed by atoms with E-state index < -0.39 is 36.3 Å². The highest BCUT2D eigenvalue weighted by Gasteiger charge is 2.56. The third-order valence-corrected chi connectivity index (χ3v) is 5.19. The minimum atomic E-state index is -1.27. The van der Waals surface area contributed by atoms with Crippen LogP contribution in [0.3, 0.4) is 0 Å². The van der Waals surface area contributed by atoms with E-state index in [0.717, 1.165) is 12.0 Å². The molecule has 28 heavy (non-hydrogen) atoms. The van der Waals surface area contributed by atoms with Crippen molar-refractivity contribution in [3.05, 3.63) is 41.2 Å². The van der Waals surface area contributed by atoms with Gasteiger partial charge in [0.1, 0.15) is 11.3 Å². The molecule has 2 heterocycles. The third kappa shape index (κ3) is 2.65. The maximum atomic E-state index is 12.7. The molecule has 0 aromatic heterocycles. The van der Waals surface area contributed by atoms with Gasteiger partial charge in [-0.3, -0.25) is 9.80 Å². The van der Waals surface area contributed by atoms with E-state index in [-0.39, 0.29) is 11.3 Å². The number of para-hydroxylation sites is 1. The summed E-state index contributed by atoms with van der Waals surface area (Å²) in [5, 5.41) is 10.9. The first-order valence-corrected chi connectivity index (χ1v) is 8.76. The predicted octanol–water partition coefficient (Wildman–Crippen LogP) is 2.73. The van der Waals surface area contributed by atoms with Gasteiger partial charge in [-0.2, -0.15) is 0 Å². The Balaban J connectivity index is 2.38. The summed E-state index contributed by atoms with van der Waals surface area (Å²) >= 11 is 0. The molecule has 2 aliphatic rings. The van der Waals surface area contributed by atoms with Crippen molar-refractivity contribution < 1.29 is 33.7 Å². The molecule has 0 fully saturated rings. The fraction of sp³-hybridized carbons (Fsp3) is 0.421. The minimum absolute atomic E-state index is 0.198. The Bertz CT molecular complexity index is 850. The van der Waals surface area contributed by atoms with Crippen LogP contribution < -0.4 is 4.90 Å². The average molecular weight is 390 g/mol. The molecule has 0 spiro atoms. The van der Waals surface area contributed by atoms with Crippen LogP contribution in [0.15, 0.2) is 35.6 Å². The van der Waals surface area contributed by atoms with E-state index in [1.807, 2.05) is 6.92 Å². The number of anilines is 1. The summed E-state index contributed by atoms with van der Waals surface area (Å²) in [6, 6.07) is 6.34. The van der Waals surface area contributed by atoms with E-state index >= 15 is 0 Å². The first-order valence-electron chi connectivity index (χ1n) is 8.76. The van der Waals surface area contributed by atoms with E-state index in [9.17, 15) is 19.5 Å². The number of aliphatic hydroxyl groups is 1. The molecule has 0 saturated heterocycles. The van der Waals surface area contributed by atoms with Crippen LogP contribution >= 0.6 is 0 Å². The van der Waals surface area contributed by atoms with Crippen LogP contribution in [-0.2, 0) is 19.0 Å². The summed E-state index contributed by atoms with van der Waals surface area (Å²) in [7, 11) is 3.57. The summed E-state index contributed by atoms with van der Waals surface area (Å²) in [5.74, 6) is -1.64. The number of ether oxygens (including phenoxy) is 3. The third-order valence-electron chi connectivity index (χ3n) is 5.19. The number of hydrogen-bond acceptors (Lipinski definition) is 7. The van der Waals surface area contributed by atoms with Crippen molar-refractivity contribution in [3.63, 3.8) is 0 Å². The zero-order valence-electron chi connectivity index (χ0n) is 16.0. The minimum Gasteiger partial charge on any atom is -0.511 e. The van der Waals surface area contributed by atoms with Gasteiger partial charge in [0, 0.05) is 5.92 Å². The van der Waals surface area contributed by atoms with E-state index in [1.165, 1.54) is 19.1 Å². The van der Waals surface area contributed by atoms with Crippen molar-refractivity contribution >= 4 is 23.8 Å². The molecule has 1 aromatic rings. The molecule has 2 bridgehead atoms. The van der Waals surface area contributed by atoms with Gasteiger partial charge in [0.25, 0.3) is 0 Å². The molecule has 1 aromatic carbocycles. The molecular formula is C19H22N2O7. The lowest BCUT2D eigenvalue weighted by atomic mass is 9.78. The summed E-state index contributed by atoms with van der Waals surface area (Å²) in [4.78, 5) is 40.4. The van der Waals surface area contributed by atoms with Crippen LogP contribution in [-0.4, -0.2) is 55.7 Å². The van der Waals surface area contributed by atoms with E-state index in [0.29, 0.717) is 17.7 Å². The Morgan fingerprint density at radius 1 is 1.04 bits per heavy atom. The van der Waals surface area contributed by atoms with Crippen molar-refractivity contribution in [2.45, 2.75) is 25.6 Å². The number of methoxy groups -OCH3 is 3. The summed E-state index contributed by atoms with van der Waals surface area (Å²) in [5.41, 5.74) is 0.921. The number of carbonyl (C=O) groups excluding carboxylic acids is 3. The molecule has 9 heteroatoms. The molecule has 0 saturated carbocycles. The van der Waals surface area contributed by atoms with Crippen LogP contribution in [0.1, 0.15) is 24.9 Å². The number of rotatable bonds is 2. The van der Waals surface area contributed by atoms with Crippen molar-refractivity contribution in [2.75, 3.05) is 26.2 Å². The topological polar surface area (TPSA) is 106 Å².